The van der Waals surface area contributed by atoms with Gasteiger partial charge in [0.05, 0.1) is 32.9 Å². The van der Waals surface area contributed by atoms with E-state index >= 15 is 0 Å². The number of rotatable bonds is 5. The molecule has 1 saturated heterocycles. The van der Waals surface area contributed by atoms with Crippen LogP contribution in [0.2, 0.25) is 0 Å². The van der Waals surface area contributed by atoms with Crippen LogP contribution in [0.25, 0.3) is 0 Å². The Morgan fingerprint density at radius 1 is 1.52 bits per heavy atom. The molecule has 2 rings (SSSR count). The number of aryl methyl sites for hydroxylation is 1. The maximum absolute atomic E-state index is 12.2. The van der Waals surface area contributed by atoms with E-state index in [4.69, 9.17) is 9.47 Å². The minimum atomic E-state index is -0.0686. The molecule has 0 aromatic heterocycles. The third kappa shape index (κ3) is 3.45. The molecule has 1 aliphatic heterocycles. The van der Waals surface area contributed by atoms with Crippen LogP contribution < -0.4 is 4.74 Å². The van der Waals surface area contributed by atoms with Gasteiger partial charge < -0.3 is 14.4 Å². The van der Waals surface area contributed by atoms with Crippen LogP contribution >= 0.6 is 0 Å². The van der Waals surface area contributed by atoms with Gasteiger partial charge in [0, 0.05) is 11.5 Å². The zero-order valence-corrected chi connectivity index (χ0v) is 13.0. The molecule has 2 atom stereocenters. The second kappa shape index (κ2) is 6.76. The fourth-order valence-electron chi connectivity index (χ4n) is 2.74. The summed E-state index contributed by atoms with van der Waals surface area (Å²) < 4.78 is 10.9. The zero-order chi connectivity index (χ0) is 15.4. The van der Waals surface area contributed by atoms with Crippen molar-refractivity contribution < 1.29 is 14.3 Å². The van der Waals surface area contributed by atoms with Gasteiger partial charge in [-0.25, -0.2) is 0 Å². The van der Waals surface area contributed by atoms with Gasteiger partial charge in [0.1, 0.15) is 5.75 Å². The summed E-state index contributed by atoms with van der Waals surface area (Å²) in [5.41, 5.74) is 2.15. The van der Waals surface area contributed by atoms with Crippen LogP contribution in [0.15, 0.2) is 30.9 Å². The first-order chi connectivity index (χ1) is 10.1. The second-order valence-electron chi connectivity index (χ2n) is 5.57. The molecule has 0 spiro atoms. The molecule has 1 aromatic rings. The van der Waals surface area contributed by atoms with E-state index in [1.807, 2.05) is 24.0 Å². The average molecular weight is 289 g/mol. The summed E-state index contributed by atoms with van der Waals surface area (Å²) in [6.45, 7) is 9.53. The van der Waals surface area contributed by atoms with Gasteiger partial charge in [0.2, 0.25) is 5.91 Å². The normalized spacial score (nSPS) is 21.1. The molecule has 4 heteroatoms. The molecule has 1 aliphatic rings. The highest BCUT2D eigenvalue weighted by Gasteiger charge is 2.32. The third-order valence-electron chi connectivity index (χ3n) is 3.96. The van der Waals surface area contributed by atoms with Gasteiger partial charge in [0.25, 0.3) is 0 Å². The Labute approximate surface area is 126 Å². The Kier molecular flexibility index (Phi) is 5.02. The standard InChI is InChI=1S/C17H23NO3/c1-5-17(19)18(15-11-21-10-13(15)3)9-14-8-12(2)6-7-16(14)20-4/h5-8,13,15H,1,9-11H2,2-4H3. The van der Waals surface area contributed by atoms with Crippen molar-refractivity contribution in [2.75, 3.05) is 20.3 Å². The minimum absolute atomic E-state index is 0.0686. The third-order valence-corrected chi connectivity index (χ3v) is 3.96. The van der Waals surface area contributed by atoms with E-state index in [1.165, 1.54) is 6.08 Å². The van der Waals surface area contributed by atoms with Crippen LogP contribution in [0.1, 0.15) is 18.1 Å². The Balaban J connectivity index is 2.28. The van der Waals surface area contributed by atoms with E-state index in [-0.39, 0.29) is 11.9 Å². The SMILES string of the molecule is C=CC(=O)N(Cc1cc(C)ccc1OC)C1COCC1C. The van der Waals surface area contributed by atoms with Crippen LogP contribution in [-0.4, -0.2) is 37.2 Å². The first kappa shape index (κ1) is 15.6. The van der Waals surface area contributed by atoms with Gasteiger partial charge in [-0.3, -0.25) is 4.79 Å². The number of hydrogen-bond acceptors (Lipinski definition) is 3. The Bertz CT molecular complexity index is 527. The molecule has 0 N–H and O–H groups in total. The minimum Gasteiger partial charge on any atom is -0.496 e. The summed E-state index contributed by atoms with van der Waals surface area (Å²) in [6, 6.07) is 6.09. The summed E-state index contributed by atoms with van der Waals surface area (Å²) >= 11 is 0. The Morgan fingerprint density at radius 2 is 2.29 bits per heavy atom. The molecular weight excluding hydrogens is 266 g/mol. The molecule has 2 unspecified atom stereocenters. The summed E-state index contributed by atoms with van der Waals surface area (Å²) in [6.07, 6.45) is 1.37. The van der Waals surface area contributed by atoms with Crippen LogP contribution in [0.5, 0.6) is 5.75 Å². The van der Waals surface area contributed by atoms with E-state index in [0.717, 1.165) is 16.9 Å². The van der Waals surface area contributed by atoms with Crippen molar-refractivity contribution in [3.05, 3.63) is 42.0 Å². The lowest BCUT2D eigenvalue weighted by Gasteiger charge is -2.30. The number of carbonyl (C=O) groups is 1. The Hall–Kier alpha value is -1.81. The summed E-state index contributed by atoms with van der Waals surface area (Å²) in [4.78, 5) is 14.1. The lowest BCUT2D eigenvalue weighted by molar-refractivity contribution is -0.129. The second-order valence-corrected chi connectivity index (χ2v) is 5.57. The number of benzene rings is 1. The number of amides is 1. The zero-order valence-electron chi connectivity index (χ0n) is 13.0. The number of carbonyl (C=O) groups excluding carboxylic acids is 1. The number of ether oxygens (including phenoxy) is 2. The monoisotopic (exact) mass is 289 g/mol. The largest absolute Gasteiger partial charge is 0.496 e. The molecular formula is C17H23NO3. The van der Waals surface area contributed by atoms with Gasteiger partial charge in [-0.05, 0) is 19.1 Å². The van der Waals surface area contributed by atoms with Crippen LogP contribution in [0.4, 0.5) is 0 Å². The molecule has 1 fully saturated rings. The molecule has 1 amide bonds. The quantitative estimate of drug-likeness (QED) is 0.782. The van der Waals surface area contributed by atoms with Crippen molar-refractivity contribution in [3.8, 4) is 5.75 Å². The highest BCUT2D eigenvalue weighted by Crippen LogP contribution is 2.26. The lowest BCUT2D eigenvalue weighted by atomic mass is 10.0. The summed E-state index contributed by atoms with van der Waals surface area (Å²) in [5.74, 6) is 1.06. The van der Waals surface area contributed by atoms with Gasteiger partial charge in [-0.15, -0.1) is 0 Å². The molecule has 4 nitrogen and oxygen atoms in total. The van der Waals surface area contributed by atoms with Crippen LogP contribution in [-0.2, 0) is 16.1 Å². The maximum Gasteiger partial charge on any atom is 0.246 e. The van der Waals surface area contributed by atoms with E-state index in [2.05, 4.69) is 19.6 Å². The van der Waals surface area contributed by atoms with Crippen LogP contribution in [0.3, 0.4) is 0 Å². The van der Waals surface area contributed by atoms with Crippen molar-refractivity contribution in [3.63, 3.8) is 0 Å². The topological polar surface area (TPSA) is 38.8 Å². The molecule has 1 heterocycles. The summed E-state index contributed by atoms with van der Waals surface area (Å²) in [7, 11) is 1.65. The smallest absolute Gasteiger partial charge is 0.246 e. The van der Waals surface area contributed by atoms with E-state index in [1.54, 1.807) is 7.11 Å². The molecule has 0 radical (unpaired) electrons. The molecule has 21 heavy (non-hydrogen) atoms. The molecule has 1 aromatic carbocycles. The maximum atomic E-state index is 12.2. The highest BCUT2D eigenvalue weighted by molar-refractivity contribution is 5.87. The number of hydrogen-bond donors (Lipinski definition) is 0. The Morgan fingerprint density at radius 3 is 2.86 bits per heavy atom. The predicted octanol–water partition coefficient (Wildman–Crippen LogP) is 2.55. The van der Waals surface area contributed by atoms with Gasteiger partial charge in [-0.1, -0.05) is 31.2 Å². The predicted molar refractivity (Wildman–Crippen MR) is 82.2 cm³/mol. The molecule has 0 aliphatic carbocycles. The highest BCUT2D eigenvalue weighted by atomic mass is 16.5. The van der Waals surface area contributed by atoms with Gasteiger partial charge >= 0.3 is 0 Å². The van der Waals surface area contributed by atoms with Crippen molar-refractivity contribution in [2.24, 2.45) is 5.92 Å². The molecule has 0 bridgehead atoms. The number of methoxy groups -OCH3 is 1. The van der Waals surface area contributed by atoms with Crippen molar-refractivity contribution in [2.45, 2.75) is 26.4 Å². The van der Waals surface area contributed by atoms with Crippen molar-refractivity contribution in [1.82, 2.24) is 4.90 Å². The van der Waals surface area contributed by atoms with Crippen LogP contribution in [0, 0.1) is 12.8 Å². The average Bonchev–Trinajstić information content (AvgIpc) is 2.90. The van der Waals surface area contributed by atoms with E-state index in [0.29, 0.717) is 25.7 Å². The van der Waals surface area contributed by atoms with E-state index in [9.17, 15) is 4.79 Å². The first-order valence-corrected chi connectivity index (χ1v) is 7.21. The molecule has 0 saturated carbocycles. The number of nitrogens with zero attached hydrogens (tertiary/aromatic N) is 1. The van der Waals surface area contributed by atoms with E-state index < -0.39 is 0 Å². The lowest BCUT2D eigenvalue weighted by Crippen LogP contribution is -2.42. The summed E-state index contributed by atoms with van der Waals surface area (Å²) in [5, 5.41) is 0. The molecule has 114 valence electrons. The van der Waals surface area contributed by atoms with Gasteiger partial charge in [-0.2, -0.15) is 0 Å². The van der Waals surface area contributed by atoms with Crippen molar-refractivity contribution >= 4 is 5.91 Å². The fraction of sp³-hybridized carbons (Fsp3) is 0.471. The fourth-order valence-corrected chi connectivity index (χ4v) is 2.74. The van der Waals surface area contributed by atoms with Crippen molar-refractivity contribution in [1.29, 1.82) is 0 Å². The van der Waals surface area contributed by atoms with Gasteiger partial charge in [0.15, 0.2) is 0 Å². The first-order valence-electron chi connectivity index (χ1n) is 7.21.